The van der Waals surface area contributed by atoms with Crippen LogP contribution in [0.15, 0.2) is 6.07 Å². The van der Waals surface area contributed by atoms with E-state index in [9.17, 15) is 0 Å². The SMILES string of the molecule is Nc1nc(N2CCC(N)C2)cc(N2[C@@H]3CCC[C@H]2CC3)n1. The Hall–Kier alpha value is -1.56. The highest BCUT2D eigenvalue weighted by atomic mass is 15.3. The van der Waals surface area contributed by atoms with Gasteiger partial charge in [-0.1, -0.05) is 0 Å². The van der Waals surface area contributed by atoms with Gasteiger partial charge in [-0.2, -0.15) is 9.97 Å². The van der Waals surface area contributed by atoms with E-state index in [0.29, 0.717) is 18.0 Å². The number of piperidine rings is 1. The zero-order valence-electron chi connectivity index (χ0n) is 12.4. The highest BCUT2D eigenvalue weighted by molar-refractivity contribution is 5.56. The van der Waals surface area contributed by atoms with Crippen molar-refractivity contribution in [3.05, 3.63) is 6.07 Å². The van der Waals surface area contributed by atoms with E-state index >= 15 is 0 Å². The number of fused-ring (bicyclic) bond motifs is 2. The van der Waals surface area contributed by atoms with Crippen molar-refractivity contribution < 1.29 is 0 Å². The van der Waals surface area contributed by atoms with E-state index in [4.69, 9.17) is 11.5 Å². The molecule has 4 heterocycles. The standard InChI is InChI=1S/C15H24N6/c16-10-6-7-20(9-10)13-8-14(19-15(17)18-13)21-11-2-1-3-12(21)5-4-11/h8,10-12H,1-7,9,16H2,(H2,17,18,19)/t10?,11-,12+. The predicted octanol–water partition coefficient (Wildman–Crippen LogP) is 1.12. The third kappa shape index (κ3) is 2.31. The Labute approximate surface area is 125 Å². The number of rotatable bonds is 2. The van der Waals surface area contributed by atoms with Gasteiger partial charge in [-0.05, 0) is 38.5 Å². The van der Waals surface area contributed by atoms with Gasteiger partial charge < -0.3 is 21.3 Å². The molecule has 1 aromatic heterocycles. The number of aromatic nitrogens is 2. The molecule has 3 atom stereocenters. The molecule has 0 aromatic carbocycles. The van der Waals surface area contributed by atoms with Crippen LogP contribution in [0.5, 0.6) is 0 Å². The Morgan fingerprint density at radius 2 is 1.71 bits per heavy atom. The van der Waals surface area contributed by atoms with Gasteiger partial charge in [0.25, 0.3) is 0 Å². The molecule has 2 bridgehead atoms. The molecule has 3 aliphatic heterocycles. The first kappa shape index (κ1) is 13.1. The van der Waals surface area contributed by atoms with Gasteiger partial charge in [0.2, 0.25) is 5.95 Å². The van der Waals surface area contributed by atoms with Gasteiger partial charge in [-0.15, -0.1) is 0 Å². The Balaban J connectivity index is 1.65. The fraction of sp³-hybridized carbons (Fsp3) is 0.733. The summed E-state index contributed by atoms with van der Waals surface area (Å²) in [7, 11) is 0. The Morgan fingerprint density at radius 3 is 2.38 bits per heavy atom. The summed E-state index contributed by atoms with van der Waals surface area (Å²) in [5.41, 5.74) is 12.0. The molecule has 3 fully saturated rings. The molecule has 0 radical (unpaired) electrons. The molecule has 4 N–H and O–H groups in total. The van der Waals surface area contributed by atoms with E-state index in [2.05, 4.69) is 25.8 Å². The van der Waals surface area contributed by atoms with E-state index in [1.807, 2.05) is 0 Å². The molecule has 0 spiro atoms. The van der Waals surface area contributed by atoms with Gasteiger partial charge in [0, 0.05) is 37.3 Å². The highest BCUT2D eigenvalue weighted by Crippen LogP contribution is 2.39. The van der Waals surface area contributed by atoms with Crippen LogP contribution in [0.3, 0.4) is 0 Å². The quantitative estimate of drug-likeness (QED) is 0.848. The second-order valence-electron chi connectivity index (χ2n) is 6.66. The van der Waals surface area contributed by atoms with E-state index in [-0.39, 0.29) is 6.04 Å². The van der Waals surface area contributed by atoms with E-state index in [1.165, 1.54) is 32.1 Å². The lowest BCUT2D eigenvalue weighted by Gasteiger charge is -2.36. The van der Waals surface area contributed by atoms with Gasteiger partial charge in [-0.3, -0.25) is 0 Å². The average Bonchev–Trinajstić information content (AvgIpc) is 3.00. The molecule has 6 heteroatoms. The molecule has 3 aliphatic rings. The Morgan fingerprint density at radius 1 is 1.00 bits per heavy atom. The number of nitrogens with zero attached hydrogens (tertiary/aromatic N) is 4. The predicted molar refractivity (Wildman–Crippen MR) is 84.4 cm³/mol. The maximum Gasteiger partial charge on any atom is 0.223 e. The van der Waals surface area contributed by atoms with Crippen molar-refractivity contribution in [2.75, 3.05) is 28.6 Å². The molecule has 114 valence electrons. The lowest BCUT2D eigenvalue weighted by Crippen LogP contribution is -2.40. The number of anilines is 3. The van der Waals surface area contributed by atoms with Crippen LogP contribution in [-0.4, -0.2) is 41.2 Å². The topological polar surface area (TPSA) is 84.3 Å². The zero-order valence-corrected chi connectivity index (χ0v) is 12.4. The van der Waals surface area contributed by atoms with Gasteiger partial charge in [0.1, 0.15) is 11.6 Å². The largest absolute Gasteiger partial charge is 0.368 e. The van der Waals surface area contributed by atoms with Crippen molar-refractivity contribution in [2.24, 2.45) is 5.73 Å². The van der Waals surface area contributed by atoms with Crippen LogP contribution < -0.4 is 21.3 Å². The monoisotopic (exact) mass is 288 g/mol. The molecule has 1 unspecified atom stereocenters. The summed E-state index contributed by atoms with van der Waals surface area (Å²) >= 11 is 0. The minimum Gasteiger partial charge on any atom is -0.368 e. The third-order valence-corrected chi connectivity index (χ3v) is 5.22. The molecule has 4 rings (SSSR count). The van der Waals surface area contributed by atoms with Crippen molar-refractivity contribution in [3.8, 4) is 0 Å². The van der Waals surface area contributed by atoms with Crippen molar-refractivity contribution in [2.45, 2.75) is 56.7 Å². The third-order valence-electron chi connectivity index (χ3n) is 5.22. The molecule has 0 saturated carbocycles. The maximum atomic E-state index is 6.01. The van der Waals surface area contributed by atoms with Gasteiger partial charge >= 0.3 is 0 Å². The minimum absolute atomic E-state index is 0.246. The highest BCUT2D eigenvalue weighted by Gasteiger charge is 2.37. The lowest BCUT2D eigenvalue weighted by molar-refractivity contribution is 0.464. The summed E-state index contributed by atoms with van der Waals surface area (Å²) in [6.07, 6.45) is 7.51. The summed E-state index contributed by atoms with van der Waals surface area (Å²) < 4.78 is 0. The summed E-state index contributed by atoms with van der Waals surface area (Å²) in [5.74, 6) is 2.34. The number of hydrogen-bond donors (Lipinski definition) is 2. The molecule has 0 amide bonds. The van der Waals surface area contributed by atoms with Gasteiger partial charge in [0.15, 0.2) is 0 Å². The zero-order chi connectivity index (χ0) is 14.4. The van der Waals surface area contributed by atoms with Crippen LogP contribution in [-0.2, 0) is 0 Å². The lowest BCUT2D eigenvalue weighted by atomic mass is 10.0. The van der Waals surface area contributed by atoms with E-state index in [1.54, 1.807) is 0 Å². The van der Waals surface area contributed by atoms with Crippen molar-refractivity contribution in [3.63, 3.8) is 0 Å². The van der Waals surface area contributed by atoms with Crippen molar-refractivity contribution in [1.82, 2.24) is 9.97 Å². The minimum atomic E-state index is 0.246. The summed E-state index contributed by atoms with van der Waals surface area (Å²) in [6, 6.07) is 3.65. The van der Waals surface area contributed by atoms with Crippen LogP contribution in [0.4, 0.5) is 17.6 Å². The number of nitrogen functional groups attached to an aromatic ring is 1. The molecule has 21 heavy (non-hydrogen) atoms. The first-order valence-electron chi connectivity index (χ1n) is 8.14. The summed E-state index contributed by atoms with van der Waals surface area (Å²) in [5, 5.41) is 0. The summed E-state index contributed by atoms with van der Waals surface area (Å²) in [4.78, 5) is 13.7. The number of hydrogen-bond acceptors (Lipinski definition) is 6. The van der Waals surface area contributed by atoms with Crippen LogP contribution >= 0.6 is 0 Å². The first-order chi connectivity index (χ1) is 10.2. The molecular weight excluding hydrogens is 264 g/mol. The van der Waals surface area contributed by atoms with Gasteiger partial charge in [-0.25, -0.2) is 0 Å². The van der Waals surface area contributed by atoms with Crippen molar-refractivity contribution >= 4 is 17.6 Å². The molecule has 3 saturated heterocycles. The fourth-order valence-corrected chi connectivity index (χ4v) is 4.22. The molecular formula is C15H24N6. The Kier molecular flexibility index (Phi) is 3.14. The normalized spacial score (nSPS) is 32.0. The van der Waals surface area contributed by atoms with Gasteiger partial charge in [0.05, 0.1) is 0 Å². The average molecular weight is 288 g/mol. The summed E-state index contributed by atoms with van der Waals surface area (Å²) in [6.45, 7) is 1.83. The van der Waals surface area contributed by atoms with Crippen LogP contribution in [0.2, 0.25) is 0 Å². The molecule has 0 aliphatic carbocycles. The van der Waals surface area contributed by atoms with Crippen LogP contribution in [0.1, 0.15) is 38.5 Å². The van der Waals surface area contributed by atoms with Crippen LogP contribution in [0.25, 0.3) is 0 Å². The smallest absolute Gasteiger partial charge is 0.223 e. The maximum absolute atomic E-state index is 6.01. The fourth-order valence-electron chi connectivity index (χ4n) is 4.22. The van der Waals surface area contributed by atoms with E-state index in [0.717, 1.165) is 31.1 Å². The van der Waals surface area contributed by atoms with Crippen LogP contribution in [0, 0.1) is 0 Å². The number of nitrogens with two attached hydrogens (primary N) is 2. The molecule has 6 nitrogen and oxygen atoms in total. The second-order valence-corrected chi connectivity index (χ2v) is 6.66. The Bertz CT molecular complexity index is 517. The molecule has 1 aromatic rings. The van der Waals surface area contributed by atoms with E-state index < -0.39 is 0 Å². The first-order valence-corrected chi connectivity index (χ1v) is 8.14. The second kappa shape index (κ2) is 5.02. The van der Waals surface area contributed by atoms with Crippen molar-refractivity contribution in [1.29, 1.82) is 0 Å².